The smallest absolute Gasteiger partial charge is 0.287 e. The molecule has 0 spiro atoms. The van der Waals surface area contributed by atoms with Gasteiger partial charge in [-0.3, -0.25) is 9.59 Å². The Morgan fingerprint density at radius 1 is 1.38 bits per heavy atom. The van der Waals surface area contributed by atoms with Crippen molar-refractivity contribution in [2.24, 2.45) is 0 Å². The van der Waals surface area contributed by atoms with Crippen molar-refractivity contribution in [3.8, 4) is 10.7 Å². The standard InChI is InChI=1S/C17H16N4O4S/c1-9-11(19-14(22)8-18-16(23)12-3-2-6-24-12)7-13(26-9)15-20-17(25-21-15)10-4-5-10/h2-3,6-7,10H,4-5,8H2,1H3,(H,18,23)(H,19,22). The number of thiophene rings is 1. The zero-order valence-corrected chi connectivity index (χ0v) is 14.8. The first-order valence-electron chi connectivity index (χ1n) is 8.16. The first kappa shape index (κ1) is 16.5. The first-order valence-corrected chi connectivity index (χ1v) is 8.98. The van der Waals surface area contributed by atoms with Gasteiger partial charge in [0.15, 0.2) is 5.76 Å². The maximum Gasteiger partial charge on any atom is 0.287 e. The molecule has 0 aliphatic heterocycles. The molecule has 134 valence electrons. The fourth-order valence-electron chi connectivity index (χ4n) is 2.40. The number of nitrogens with one attached hydrogen (secondary N) is 2. The number of carbonyl (C=O) groups is 2. The van der Waals surface area contributed by atoms with Gasteiger partial charge in [0.1, 0.15) is 0 Å². The van der Waals surface area contributed by atoms with Crippen LogP contribution in [0.1, 0.15) is 40.1 Å². The van der Waals surface area contributed by atoms with Crippen LogP contribution in [0, 0.1) is 6.92 Å². The van der Waals surface area contributed by atoms with Gasteiger partial charge in [-0.05, 0) is 38.0 Å². The molecule has 4 rings (SSSR count). The van der Waals surface area contributed by atoms with E-state index in [1.54, 1.807) is 6.07 Å². The molecule has 3 aromatic heterocycles. The van der Waals surface area contributed by atoms with E-state index >= 15 is 0 Å². The van der Waals surface area contributed by atoms with Gasteiger partial charge in [0.05, 0.1) is 23.4 Å². The molecule has 0 unspecified atom stereocenters. The Kier molecular flexibility index (Phi) is 4.29. The van der Waals surface area contributed by atoms with Crippen molar-refractivity contribution in [1.82, 2.24) is 15.5 Å². The summed E-state index contributed by atoms with van der Waals surface area (Å²) in [5.74, 6) is 1.00. The van der Waals surface area contributed by atoms with Crippen LogP contribution in [0.15, 0.2) is 33.4 Å². The number of amides is 2. The topological polar surface area (TPSA) is 110 Å². The zero-order valence-electron chi connectivity index (χ0n) is 13.9. The van der Waals surface area contributed by atoms with Crippen molar-refractivity contribution in [1.29, 1.82) is 0 Å². The third kappa shape index (κ3) is 3.52. The number of hydrogen-bond donors (Lipinski definition) is 2. The normalized spacial score (nSPS) is 13.6. The summed E-state index contributed by atoms with van der Waals surface area (Å²) in [4.78, 5) is 30.0. The minimum atomic E-state index is -0.438. The number of carbonyl (C=O) groups excluding carboxylic acids is 2. The Hall–Kier alpha value is -2.94. The monoisotopic (exact) mass is 372 g/mol. The molecular formula is C17H16N4O4S. The maximum absolute atomic E-state index is 12.1. The summed E-state index contributed by atoms with van der Waals surface area (Å²) >= 11 is 1.48. The molecule has 8 nitrogen and oxygen atoms in total. The maximum atomic E-state index is 12.1. The van der Waals surface area contributed by atoms with Crippen LogP contribution in [0.3, 0.4) is 0 Å². The lowest BCUT2D eigenvalue weighted by Gasteiger charge is -2.05. The quantitative estimate of drug-likeness (QED) is 0.688. The largest absolute Gasteiger partial charge is 0.459 e. The number of hydrogen-bond acceptors (Lipinski definition) is 7. The summed E-state index contributed by atoms with van der Waals surface area (Å²) < 4.78 is 10.3. The van der Waals surface area contributed by atoms with E-state index in [2.05, 4.69) is 20.8 Å². The molecule has 26 heavy (non-hydrogen) atoms. The van der Waals surface area contributed by atoms with Crippen LogP contribution < -0.4 is 10.6 Å². The van der Waals surface area contributed by atoms with Crippen molar-refractivity contribution in [2.75, 3.05) is 11.9 Å². The van der Waals surface area contributed by atoms with Crippen LogP contribution in [-0.4, -0.2) is 28.5 Å². The van der Waals surface area contributed by atoms with Crippen molar-refractivity contribution < 1.29 is 18.5 Å². The van der Waals surface area contributed by atoms with Crippen LogP contribution in [0.5, 0.6) is 0 Å². The average molecular weight is 372 g/mol. The second-order valence-corrected chi connectivity index (χ2v) is 7.28. The molecular weight excluding hydrogens is 356 g/mol. The Bertz CT molecular complexity index is 940. The molecule has 0 radical (unpaired) electrons. The summed E-state index contributed by atoms with van der Waals surface area (Å²) in [6, 6.07) is 4.95. The van der Waals surface area contributed by atoms with E-state index in [-0.39, 0.29) is 18.2 Å². The summed E-state index contributed by atoms with van der Waals surface area (Å²) in [5, 5.41) is 9.30. The Morgan fingerprint density at radius 3 is 2.96 bits per heavy atom. The number of aryl methyl sites for hydroxylation is 1. The molecule has 1 saturated carbocycles. The molecule has 0 bridgehead atoms. The predicted molar refractivity (Wildman–Crippen MR) is 94.0 cm³/mol. The second kappa shape index (κ2) is 6.75. The highest BCUT2D eigenvalue weighted by Crippen LogP contribution is 2.40. The van der Waals surface area contributed by atoms with Crippen LogP contribution in [0.2, 0.25) is 0 Å². The fourth-order valence-corrected chi connectivity index (χ4v) is 3.30. The van der Waals surface area contributed by atoms with Gasteiger partial charge in [-0.25, -0.2) is 0 Å². The molecule has 3 aromatic rings. The summed E-state index contributed by atoms with van der Waals surface area (Å²) in [6.07, 6.45) is 3.59. The molecule has 3 heterocycles. The SMILES string of the molecule is Cc1sc(-c2noc(C3CC3)n2)cc1NC(=O)CNC(=O)c1ccco1. The molecule has 1 fully saturated rings. The van der Waals surface area contributed by atoms with Crippen LogP contribution in [-0.2, 0) is 4.79 Å². The summed E-state index contributed by atoms with van der Waals surface area (Å²) in [6.45, 7) is 1.74. The van der Waals surface area contributed by atoms with E-state index in [4.69, 9.17) is 8.94 Å². The van der Waals surface area contributed by atoms with Crippen LogP contribution in [0.4, 0.5) is 5.69 Å². The van der Waals surface area contributed by atoms with E-state index in [0.717, 1.165) is 22.6 Å². The Morgan fingerprint density at radius 2 is 2.23 bits per heavy atom. The lowest BCUT2D eigenvalue weighted by molar-refractivity contribution is -0.115. The van der Waals surface area contributed by atoms with Gasteiger partial charge in [0, 0.05) is 10.8 Å². The number of anilines is 1. The molecule has 0 aromatic carbocycles. The summed E-state index contributed by atoms with van der Waals surface area (Å²) in [5.41, 5.74) is 0.667. The molecule has 2 N–H and O–H groups in total. The van der Waals surface area contributed by atoms with E-state index in [1.807, 2.05) is 13.0 Å². The van der Waals surface area contributed by atoms with E-state index < -0.39 is 5.91 Å². The molecule has 1 aliphatic rings. The van der Waals surface area contributed by atoms with Gasteiger partial charge in [0.25, 0.3) is 5.91 Å². The molecule has 0 atom stereocenters. The van der Waals surface area contributed by atoms with E-state index in [0.29, 0.717) is 23.3 Å². The summed E-state index contributed by atoms with van der Waals surface area (Å²) in [7, 11) is 0. The van der Waals surface area contributed by atoms with Crippen molar-refractivity contribution in [3.05, 3.63) is 41.0 Å². The van der Waals surface area contributed by atoms with E-state index in [1.165, 1.54) is 23.7 Å². The minimum Gasteiger partial charge on any atom is -0.459 e. The molecule has 0 saturated heterocycles. The number of rotatable bonds is 6. The number of furan rings is 1. The zero-order chi connectivity index (χ0) is 18.1. The van der Waals surface area contributed by atoms with Gasteiger partial charge in [0.2, 0.25) is 17.6 Å². The van der Waals surface area contributed by atoms with Gasteiger partial charge in [-0.1, -0.05) is 5.16 Å². The minimum absolute atomic E-state index is 0.155. The van der Waals surface area contributed by atoms with E-state index in [9.17, 15) is 9.59 Å². The lowest BCUT2D eigenvalue weighted by atomic mass is 10.3. The van der Waals surface area contributed by atoms with Gasteiger partial charge >= 0.3 is 0 Å². The average Bonchev–Trinajstić information content (AvgIpc) is 3.05. The van der Waals surface area contributed by atoms with Crippen molar-refractivity contribution in [2.45, 2.75) is 25.7 Å². The number of aromatic nitrogens is 2. The van der Waals surface area contributed by atoms with Gasteiger partial charge in [-0.2, -0.15) is 4.98 Å². The molecule has 1 aliphatic carbocycles. The number of nitrogens with zero attached hydrogens (tertiary/aromatic N) is 2. The predicted octanol–water partition coefficient (Wildman–Crippen LogP) is 2.95. The highest BCUT2D eigenvalue weighted by molar-refractivity contribution is 7.16. The second-order valence-electron chi connectivity index (χ2n) is 6.02. The van der Waals surface area contributed by atoms with Gasteiger partial charge < -0.3 is 19.6 Å². The highest BCUT2D eigenvalue weighted by Gasteiger charge is 2.30. The fraction of sp³-hybridized carbons (Fsp3) is 0.294. The molecule has 9 heteroatoms. The van der Waals surface area contributed by atoms with Crippen molar-refractivity contribution in [3.63, 3.8) is 0 Å². The highest BCUT2D eigenvalue weighted by atomic mass is 32.1. The van der Waals surface area contributed by atoms with Crippen molar-refractivity contribution >= 4 is 28.8 Å². The third-order valence-electron chi connectivity index (χ3n) is 3.94. The van der Waals surface area contributed by atoms with Crippen LogP contribution in [0.25, 0.3) is 10.7 Å². The van der Waals surface area contributed by atoms with Crippen LogP contribution >= 0.6 is 11.3 Å². The molecule has 2 amide bonds. The lowest BCUT2D eigenvalue weighted by Crippen LogP contribution is -2.32. The first-order chi connectivity index (χ1) is 12.6. The third-order valence-corrected chi connectivity index (χ3v) is 4.98. The Labute approximate surface area is 152 Å². The van der Waals surface area contributed by atoms with Gasteiger partial charge in [-0.15, -0.1) is 11.3 Å². The Balaban J connectivity index is 1.37.